The maximum absolute atomic E-state index is 13.3. The average molecular weight is 703 g/mol. The van der Waals surface area contributed by atoms with Crippen molar-refractivity contribution in [2.45, 2.75) is 117 Å². The summed E-state index contributed by atoms with van der Waals surface area (Å²) < 4.78 is 0. The van der Waals surface area contributed by atoms with E-state index in [1.807, 2.05) is 48.6 Å². The lowest BCUT2D eigenvalue weighted by atomic mass is 9.79. The Morgan fingerprint density at radius 2 is 1.08 bits per heavy atom. The van der Waals surface area contributed by atoms with Crippen LogP contribution in [0, 0.1) is 11.8 Å². The molecule has 8 bridgehead atoms. The van der Waals surface area contributed by atoms with Crippen molar-refractivity contribution in [3.63, 3.8) is 0 Å². The number of hydrogen-bond donors (Lipinski definition) is 2. The summed E-state index contributed by atoms with van der Waals surface area (Å²) in [4.78, 5) is 69.9. The molecule has 0 aromatic carbocycles. The number of nitrogens with one attached hydrogen (secondary N) is 2. The Bertz CT molecular complexity index is 1970. The summed E-state index contributed by atoms with van der Waals surface area (Å²) in [6, 6.07) is 11.9. The van der Waals surface area contributed by atoms with Crippen molar-refractivity contribution in [1.82, 2.24) is 19.9 Å². The number of nitrogens with zero attached hydrogens (tertiary/aromatic N) is 2. The first-order valence-corrected chi connectivity index (χ1v) is 19.4. The molecule has 3 aromatic rings. The lowest BCUT2D eigenvalue weighted by molar-refractivity contribution is -0.110. The fourth-order valence-electron chi connectivity index (χ4n) is 7.61. The highest BCUT2D eigenvalue weighted by Gasteiger charge is 2.35. The SMILES string of the molecule is CCCCC(C=O)C1=C(C(C=O)CCCC)c2nc1cc1nc(cc3ccc(cc4cc(C(C=O)CCCC)c([nH]4)c2C(C=O)CCCC)[nH]3)C=C1. The third-order valence-electron chi connectivity index (χ3n) is 10.4. The van der Waals surface area contributed by atoms with Crippen molar-refractivity contribution < 1.29 is 19.2 Å². The monoisotopic (exact) mass is 702 g/mol. The third kappa shape index (κ3) is 8.66. The van der Waals surface area contributed by atoms with Gasteiger partial charge in [-0.05, 0) is 90.9 Å². The van der Waals surface area contributed by atoms with Crippen LogP contribution in [-0.2, 0) is 19.2 Å². The fraction of sp³-hybridized carbons (Fsp3) is 0.455. The molecule has 0 saturated heterocycles. The number of H-pyrrole nitrogens is 2. The molecular formula is C44H54N4O4. The van der Waals surface area contributed by atoms with Crippen LogP contribution < -0.4 is 0 Å². The predicted octanol–water partition coefficient (Wildman–Crippen LogP) is 10.4. The molecule has 0 spiro atoms. The molecule has 2 aliphatic rings. The number of fused-ring (bicyclic) bond motifs is 8. The molecule has 4 atom stereocenters. The molecule has 4 unspecified atom stereocenters. The first kappa shape index (κ1) is 38.5. The van der Waals surface area contributed by atoms with Gasteiger partial charge in [-0.25, -0.2) is 9.97 Å². The van der Waals surface area contributed by atoms with Crippen molar-refractivity contribution in [3.8, 4) is 0 Å². The van der Waals surface area contributed by atoms with Gasteiger partial charge in [-0.15, -0.1) is 0 Å². The van der Waals surface area contributed by atoms with Gasteiger partial charge in [-0.3, -0.25) is 0 Å². The largest absolute Gasteiger partial charge is 0.355 e. The third-order valence-corrected chi connectivity index (χ3v) is 10.4. The standard InChI is InChI=1S/C44H54N4O4/c1-5-9-13-29(25-49)38-23-37-22-35-18-17-33(45-35)21-34-19-20-36(46-34)24-39-40(30(26-50)14-10-6-2)41(31(27-51)15-11-7-3)44(48-39)42(43(38)47-37)32(28-52)16-12-8-4/h17-32,45,47H,5-16H2,1-4H3. The van der Waals surface area contributed by atoms with Crippen molar-refractivity contribution >= 4 is 70.5 Å². The van der Waals surface area contributed by atoms with Crippen LogP contribution in [0.25, 0.3) is 45.4 Å². The minimum atomic E-state index is -0.573. The summed E-state index contributed by atoms with van der Waals surface area (Å²) >= 11 is 0. The van der Waals surface area contributed by atoms with Crippen LogP contribution >= 0.6 is 0 Å². The van der Waals surface area contributed by atoms with Crippen LogP contribution in [-0.4, -0.2) is 45.1 Å². The summed E-state index contributed by atoms with van der Waals surface area (Å²) in [6.07, 6.45) is 17.3. The van der Waals surface area contributed by atoms with Gasteiger partial charge in [0.1, 0.15) is 25.1 Å². The molecule has 2 aliphatic heterocycles. The first-order chi connectivity index (χ1) is 25.4. The predicted molar refractivity (Wildman–Crippen MR) is 212 cm³/mol. The van der Waals surface area contributed by atoms with Gasteiger partial charge in [0.2, 0.25) is 0 Å². The highest BCUT2D eigenvalue weighted by molar-refractivity contribution is 6.04. The lowest BCUT2D eigenvalue weighted by Gasteiger charge is -2.22. The van der Waals surface area contributed by atoms with Crippen LogP contribution in [0.15, 0.2) is 36.4 Å². The Balaban J connectivity index is 2.05. The van der Waals surface area contributed by atoms with Gasteiger partial charge in [0.05, 0.1) is 22.8 Å². The van der Waals surface area contributed by atoms with Gasteiger partial charge in [0.15, 0.2) is 0 Å². The van der Waals surface area contributed by atoms with Gasteiger partial charge in [-0.2, -0.15) is 0 Å². The summed E-state index contributed by atoms with van der Waals surface area (Å²) in [7, 11) is 0. The molecule has 52 heavy (non-hydrogen) atoms. The zero-order chi connectivity index (χ0) is 37.0. The number of rotatable bonds is 20. The van der Waals surface area contributed by atoms with Crippen LogP contribution in [0.4, 0.5) is 0 Å². The number of unbranched alkanes of at least 4 members (excludes halogenated alkanes) is 4. The van der Waals surface area contributed by atoms with Gasteiger partial charge in [-0.1, -0.05) is 79.1 Å². The molecule has 0 radical (unpaired) electrons. The Labute approximate surface area is 307 Å². The summed E-state index contributed by atoms with van der Waals surface area (Å²) in [5.74, 6) is -2.03. The Kier molecular flexibility index (Phi) is 13.8. The van der Waals surface area contributed by atoms with E-state index in [2.05, 4.69) is 37.7 Å². The Morgan fingerprint density at radius 3 is 1.65 bits per heavy atom. The smallest absolute Gasteiger partial charge is 0.127 e. The number of aromatic amines is 2. The number of allylic oxidation sites excluding steroid dienone is 2. The maximum atomic E-state index is 13.3. The molecule has 3 aromatic heterocycles. The number of carbonyl (C=O) groups is 4. The quantitative estimate of drug-likeness (QED) is 0.0883. The van der Waals surface area contributed by atoms with Crippen LogP contribution in [0.5, 0.6) is 0 Å². The second kappa shape index (κ2) is 18.7. The summed E-state index contributed by atoms with van der Waals surface area (Å²) in [6.45, 7) is 8.41. The Hall–Kier alpha value is -4.72. The van der Waals surface area contributed by atoms with Gasteiger partial charge in [0.25, 0.3) is 0 Å². The molecule has 5 heterocycles. The minimum absolute atomic E-state index is 0.416. The molecule has 274 valence electrons. The summed E-state index contributed by atoms with van der Waals surface area (Å²) in [5, 5.41) is 0. The van der Waals surface area contributed by atoms with Crippen molar-refractivity contribution in [1.29, 1.82) is 0 Å². The average Bonchev–Trinajstić information content (AvgIpc) is 3.96. The van der Waals surface area contributed by atoms with Gasteiger partial charge in [0, 0.05) is 51.3 Å². The topological polar surface area (TPSA) is 126 Å². The van der Waals surface area contributed by atoms with E-state index in [4.69, 9.17) is 9.97 Å². The second-order valence-corrected chi connectivity index (χ2v) is 14.3. The maximum Gasteiger partial charge on any atom is 0.127 e. The number of aldehydes is 4. The highest BCUT2D eigenvalue weighted by Crippen LogP contribution is 2.46. The molecular weight excluding hydrogens is 649 g/mol. The summed E-state index contributed by atoms with van der Waals surface area (Å²) in [5.41, 5.74) is 8.82. The molecule has 5 rings (SSSR count). The lowest BCUT2D eigenvalue weighted by Crippen LogP contribution is -2.14. The molecule has 0 aliphatic carbocycles. The van der Waals surface area contributed by atoms with Crippen molar-refractivity contribution in [3.05, 3.63) is 70.3 Å². The highest BCUT2D eigenvalue weighted by atomic mass is 16.1. The van der Waals surface area contributed by atoms with Gasteiger partial charge >= 0.3 is 0 Å². The number of aromatic nitrogens is 4. The van der Waals surface area contributed by atoms with Crippen molar-refractivity contribution in [2.75, 3.05) is 0 Å². The molecule has 8 heteroatoms. The number of carbonyl (C=O) groups excluding carboxylic acids is 4. The van der Waals surface area contributed by atoms with E-state index >= 15 is 0 Å². The molecule has 8 nitrogen and oxygen atoms in total. The van der Waals surface area contributed by atoms with E-state index in [1.54, 1.807) is 0 Å². The van der Waals surface area contributed by atoms with E-state index in [-0.39, 0.29) is 0 Å². The zero-order valence-electron chi connectivity index (χ0n) is 31.3. The van der Waals surface area contributed by atoms with Crippen molar-refractivity contribution in [2.24, 2.45) is 11.8 Å². The molecule has 0 amide bonds. The van der Waals surface area contributed by atoms with E-state index in [9.17, 15) is 19.2 Å². The van der Waals surface area contributed by atoms with Crippen LogP contribution in [0.1, 0.15) is 150 Å². The van der Waals surface area contributed by atoms with Crippen LogP contribution in [0.3, 0.4) is 0 Å². The first-order valence-electron chi connectivity index (χ1n) is 19.4. The molecule has 0 fully saturated rings. The van der Waals surface area contributed by atoms with E-state index in [0.717, 1.165) is 115 Å². The molecule has 0 saturated carbocycles. The Morgan fingerprint density at radius 1 is 0.558 bits per heavy atom. The van der Waals surface area contributed by atoms with E-state index in [0.29, 0.717) is 53.8 Å². The zero-order valence-corrected chi connectivity index (χ0v) is 31.3. The second-order valence-electron chi connectivity index (χ2n) is 14.3. The van der Waals surface area contributed by atoms with Gasteiger partial charge < -0.3 is 29.1 Å². The number of hydrogen-bond acceptors (Lipinski definition) is 6. The normalized spacial score (nSPS) is 14.9. The van der Waals surface area contributed by atoms with Crippen LogP contribution in [0.2, 0.25) is 0 Å². The fourth-order valence-corrected chi connectivity index (χ4v) is 7.61. The molecule has 2 N–H and O–H groups in total. The minimum Gasteiger partial charge on any atom is -0.355 e. The van der Waals surface area contributed by atoms with E-state index in [1.165, 1.54) is 0 Å². The van der Waals surface area contributed by atoms with E-state index < -0.39 is 23.7 Å².